The van der Waals surface area contributed by atoms with Crippen molar-refractivity contribution in [2.24, 2.45) is 5.92 Å². The molecule has 1 aliphatic rings. The molecular formula is C16H24O2. The Kier molecular flexibility index (Phi) is 4.79. The second-order valence-electron chi connectivity index (χ2n) is 5.59. The van der Waals surface area contributed by atoms with Crippen LogP contribution < -0.4 is 0 Å². The summed E-state index contributed by atoms with van der Waals surface area (Å²) in [6.07, 6.45) is 5.15. The van der Waals surface area contributed by atoms with Crippen LogP contribution in [-0.2, 0) is 6.42 Å². The van der Waals surface area contributed by atoms with E-state index >= 15 is 0 Å². The van der Waals surface area contributed by atoms with Gasteiger partial charge in [-0.1, -0.05) is 43.5 Å². The topological polar surface area (TPSA) is 40.5 Å². The van der Waals surface area contributed by atoms with Crippen LogP contribution in [0.2, 0.25) is 0 Å². The summed E-state index contributed by atoms with van der Waals surface area (Å²) < 4.78 is 0. The van der Waals surface area contributed by atoms with Crippen LogP contribution in [0.4, 0.5) is 0 Å². The molecule has 2 heteroatoms. The number of benzene rings is 1. The molecule has 1 aromatic carbocycles. The molecule has 0 radical (unpaired) electrons. The van der Waals surface area contributed by atoms with Gasteiger partial charge in [-0.25, -0.2) is 0 Å². The van der Waals surface area contributed by atoms with Crippen LogP contribution in [0.1, 0.15) is 43.2 Å². The second kappa shape index (κ2) is 6.35. The zero-order valence-electron chi connectivity index (χ0n) is 11.2. The minimum Gasteiger partial charge on any atom is -0.390 e. The zero-order chi connectivity index (χ0) is 13.0. The number of hydrogen-bond donors (Lipinski definition) is 2. The molecule has 0 aliphatic heterocycles. The van der Waals surface area contributed by atoms with E-state index in [1.165, 1.54) is 24.8 Å². The van der Waals surface area contributed by atoms with Crippen molar-refractivity contribution in [3.63, 3.8) is 0 Å². The number of hydrogen-bond acceptors (Lipinski definition) is 2. The Hall–Kier alpha value is -0.860. The maximum atomic E-state index is 10.2. The monoisotopic (exact) mass is 248 g/mol. The Morgan fingerprint density at radius 1 is 1.11 bits per heavy atom. The van der Waals surface area contributed by atoms with E-state index in [1.807, 2.05) is 18.2 Å². The van der Waals surface area contributed by atoms with Gasteiger partial charge in [-0.15, -0.1) is 0 Å². The van der Waals surface area contributed by atoms with Gasteiger partial charge in [-0.2, -0.15) is 0 Å². The van der Waals surface area contributed by atoms with Crippen molar-refractivity contribution in [2.45, 2.75) is 57.7 Å². The first-order valence-electron chi connectivity index (χ1n) is 7.09. The molecule has 0 saturated heterocycles. The van der Waals surface area contributed by atoms with E-state index in [4.69, 9.17) is 0 Å². The number of rotatable bonds is 4. The molecule has 100 valence electrons. The van der Waals surface area contributed by atoms with Crippen molar-refractivity contribution >= 4 is 0 Å². The van der Waals surface area contributed by atoms with Gasteiger partial charge in [-0.05, 0) is 36.8 Å². The predicted molar refractivity (Wildman–Crippen MR) is 73.5 cm³/mol. The fraction of sp³-hybridized carbons (Fsp3) is 0.625. The Morgan fingerprint density at radius 2 is 1.78 bits per heavy atom. The summed E-state index contributed by atoms with van der Waals surface area (Å²) in [6, 6.07) is 8.08. The normalized spacial score (nSPS) is 20.6. The molecule has 2 rings (SSSR count). The van der Waals surface area contributed by atoms with E-state index in [-0.39, 0.29) is 5.92 Å². The SMILES string of the molecule is Cc1ccccc1CC(O)C(O)C1CCCCC1. The molecule has 2 unspecified atom stereocenters. The van der Waals surface area contributed by atoms with Crippen LogP contribution >= 0.6 is 0 Å². The van der Waals surface area contributed by atoms with E-state index in [1.54, 1.807) is 0 Å². The molecule has 2 N–H and O–H groups in total. The van der Waals surface area contributed by atoms with Crippen molar-refractivity contribution < 1.29 is 10.2 Å². The van der Waals surface area contributed by atoms with Crippen LogP contribution in [0.15, 0.2) is 24.3 Å². The Morgan fingerprint density at radius 3 is 2.44 bits per heavy atom. The third kappa shape index (κ3) is 3.33. The smallest absolute Gasteiger partial charge is 0.0842 e. The van der Waals surface area contributed by atoms with Crippen molar-refractivity contribution in [3.8, 4) is 0 Å². The zero-order valence-corrected chi connectivity index (χ0v) is 11.2. The largest absolute Gasteiger partial charge is 0.390 e. The molecule has 1 aromatic rings. The van der Waals surface area contributed by atoms with Gasteiger partial charge >= 0.3 is 0 Å². The maximum absolute atomic E-state index is 10.2. The summed E-state index contributed by atoms with van der Waals surface area (Å²) in [6.45, 7) is 2.05. The molecule has 0 bridgehead atoms. The molecule has 2 atom stereocenters. The van der Waals surface area contributed by atoms with Crippen LogP contribution in [0, 0.1) is 12.8 Å². The number of aryl methyl sites for hydroxylation is 1. The molecule has 0 heterocycles. The lowest BCUT2D eigenvalue weighted by Gasteiger charge is -2.30. The predicted octanol–water partition coefficient (Wildman–Crippen LogP) is 2.84. The van der Waals surface area contributed by atoms with Gasteiger partial charge in [-0.3, -0.25) is 0 Å². The molecule has 0 spiro atoms. The van der Waals surface area contributed by atoms with E-state index in [0.29, 0.717) is 6.42 Å². The summed E-state index contributed by atoms with van der Waals surface area (Å²) >= 11 is 0. The lowest BCUT2D eigenvalue weighted by atomic mass is 9.82. The Labute approximate surface area is 110 Å². The third-order valence-electron chi connectivity index (χ3n) is 4.22. The van der Waals surface area contributed by atoms with Gasteiger partial charge < -0.3 is 10.2 Å². The maximum Gasteiger partial charge on any atom is 0.0842 e. The van der Waals surface area contributed by atoms with Crippen molar-refractivity contribution in [2.75, 3.05) is 0 Å². The fourth-order valence-corrected chi connectivity index (χ4v) is 2.98. The van der Waals surface area contributed by atoms with Crippen LogP contribution in [0.5, 0.6) is 0 Å². The van der Waals surface area contributed by atoms with Crippen LogP contribution in [-0.4, -0.2) is 22.4 Å². The average Bonchev–Trinajstić information content (AvgIpc) is 2.41. The highest BCUT2D eigenvalue weighted by atomic mass is 16.3. The van der Waals surface area contributed by atoms with E-state index in [0.717, 1.165) is 18.4 Å². The van der Waals surface area contributed by atoms with Crippen molar-refractivity contribution in [1.82, 2.24) is 0 Å². The summed E-state index contributed by atoms with van der Waals surface area (Å²) in [5.74, 6) is 0.290. The second-order valence-corrected chi connectivity index (χ2v) is 5.59. The highest BCUT2D eigenvalue weighted by molar-refractivity contribution is 5.26. The van der Waals surface area contributed by atoms with Gasteiger partial charge in [0.15, 0.2) is 0 Å². The number of aliphatic hydroxyl groups is 2. The molecule has 1 saturated carbocycles. The standard InChI is InChI=1S/C16H24O2/c1-12-7-5-6-10-14(12)11-15(17)16(18)13-8-3-2-4-9-13/h5-7,10,13,15-18H,2-4,8-9,11H2,1H3. The first kappa shape index (κ1) is 13.6. The van der Waals surface area contributed by atoms with Gasteiger partial charge in [0.25, 0.3) is 0 Å². The molecule has 18 heavy (non-hydrogen) atoms. The lowest BCUT2D eigenvalue weighted by Crippen LogP contribution is -2.36. The molecule has 0 aromatic heterocycles. The summed E-state index contributed by atoms with van der Waals surface area (Å²) in [5.41, 5.74) is 2.33. The minimum atomic E-state index is -0.630. The summed E-state index contributed by atoms with van der Waals surface area (Å²) in [4.78, 5) is 0. The molecule has 1 aliphatic carbocycles. The van der Waals surface area contributed by atoms with E-state index in [9.17, 15) is 10.2 Å². The van der Waals surface area contributed by atoms with Gasteiger partial charge in [0.05, 0.1) is 12.2 Å². The molecule has 1 fully saturated rings. The Bertz CT molecular complexity index is 369. The highest BCUT2D eigenvalue weighted by Crippen LogP contribution is 2.28. The van der Waals surface area contributed by atoms with Gasteiger partial charge in [0.2, 0.25) is 0 Å². The van der Waals surface area contributed by atoms with E-state index in [2.05, 4.69) is 13.0 Å². The van der Waals surface area contributed by atoms with Crippen LogP contribution in [0.25, 0.3) is 0 Å². The number of aliphatic hydroxyl groups excluding tert-OH is 2. The quantitative estimate of drug-likeness (QED) is 0.860. The van der Waals surface area contributed by atoms with Gasteiger partial charge in [0, 0.05) is 6.42 Å². The highest BCUT2D eigenvalue weighted by Gasteiger charge is 2.27. The summed E-state index contributed by atoms with van der Waals surface area (Å²) in [7, 11) is 0. The molecule has 2 nitrogen and oxygen atoms in total. The van der Waals surface area contributed by atoms with Crippen molar-refractivity contribution in [3.05, 3.63) is 35.4 Å². The minimum absolute atomic E-state index is 0.290. The van der Waals surface area contributed by atoms with Crippen LogP contribution in [0.3, 0.4) is 0 Å². The van der Waals surface area contributed by atoms with E-state index < -0.39 is 12.2 Å². The fourth-order valence-electron chi connectivity index (χ4n) is 2.98. The third-order valence-corrected chi connectivity index (χ3v) is 4.22. The Balaban J connectivity index is 1.94. The molecule has 0 amide bonds. The van der Waals surface area contributed by atoms with Crippen molar-refractivity contribution in [1.29, 1.82) is 0 Å². The lowest BCUT2D eigenvalue weighted by molar-refractivity contribution is -0.0264. The average molecular weight is 248 g/mol. The summed E-state index contributed by atoms with van der Waals surface area (Å²) in [5, 5.41) is 20.4. The van der Waals surface area contributed by atoms with Gasteiger partial charge in [0.1, 0.15) is 0 Å². The first-order chi connectivity index (χ1) is 8.68. The molecular weight excluding hydrogens is 224 g/mol. The first-order valence-corrected chi connectivity index (χ1v) is 7.09.